The van der Waals surface area contributed by atoms with Crippen LogP contribution in [0.4, 0.5) is 0 Å². The molecule has 0 amide bonds. The number of aromatic nitrogens is 2. The van der Waals surface area contributed by atoms with Gasteiger partial charge < -0.3 is 9.30 Å². The molecule has 0 spiro atoms. The predicted molar refractivity (Wildman–Crippen MR) is 157 cm³/mol. The van der Waals surface area contributed by atoms with E-state index >= 15 is 0 Å². The van der Waals surface area contributed by atoms with E-state index in [0.717, 1.165) is 33.6 Å². The smallest absolute Gasteiger partial charge is 0.338 e. The van der Waals surface area contributed by atoms with Gasteiger partial charge in [0, 0.05) is 33.6 Å². The van der Waals surface area contributed by atoms with Crippen molar-refractivity contribution in [1.29, 1.82) is 0 Å². The summed E-state index contributed by atoms with van der Waals surface area (Å²) in [5.74, 6) is -0.439. The number of carbonyl (C=O) groups is 1. The molecule has 196 valence electrons. The largest absolute Gasteiger partial charge is 0.463 e. The third-order valence-corrected chi connectivity index (χ3v) is 8.98. The van der Waals surface area contributed by atoms with E-state index in [0.29, 0.717) is 20.6 Å². The summed E-state index contributed by atoms with van der Waals surface area (Å²) in [4.78, 5) is 33.2. The van der Waals surface area contributed by atoms with Crippen molar-refractivity contribution >= 4 is 45.6 Å². The van der Waals surface area contributed by atoms with Gasteiger partial charge in [-0.25, -0.2) is 9.79 Å². The van der Waals surface area contributed by atoms with Crippen molar-refractivity contribution in [3.63, 3.8) is 0 Å². The summed E-state index contributed by atoms with van der Waals surface area (Å²) < 4.78 is 9.91. The normalized spacial score (nSPS) is 15.5. The van der Waals surface area contributed by atoms with Gasteiger partial charge in [-0.2, -0.15) is 0 Å². The molecule has 0 N–H and O–H groups in total. The molecule has 1 atom stereocenters. The first kappa shape index (κ1) is 25.3. The van der Waals surface area contributed by atoms with E-state index in [4.69, 9.17) is 9.73 Å². The highest BCUT2D eigenvalue weighted by atomic mass is 32.1. The molecule has 1 aliphatic heterocycles. The van der Waals surface area contributed by atoms with Gasteiger partial charge in [0.05, 0.1) is 22.4 Å². The summed E-state index contributed by atoms with van der Waals surface area (Å²) in [5, 5.41) is 3.05. The third-order valence-electron chi connectivity index (χ3n) is 7.07. The number of fused-ring (bicyclic) bond motifs is 2. The lowest BCUT2D eigenvalue weighted by Gasteiger charge is -2.23. The number of carbonyl (C=O) groups excluding carboxylic acids is 1. The lowest BCUT2D eigenvalue weighted by Crippen LogP contribution is -2.39. The first-order valence-corrected chi connectivity index (χ1v) is 14.5. The Kier molecular flexibility index (Phi) is 6.66. The first-order chi connectivity index (χ1) is 19.0. The van der Waals surface area contributed by atoms with Crippen molar-refractivity contribution in [3.05, 3.63) is 125 Å². The van der Waals surface area contributed by atoms with Crippen LogP contribution in [0.5, 0.6) is 0 Å². The summed E-state index contributed by atoms with van der Waals surface area (Å²) in [5.41, 5.74) is 5.26. The average molecular weight is 554 g/mol. The molecule has 39 heavy (non-hydrogen) atoms. The van der Waals surface area contributed by atoms with Crippen LogP contribution in [0.15, 0.2) is 93.2 Å². The van der Waals surface area contributed by atoms with E-state index in [1.807, 2.05) is 48.7 Å². The van der Waals surface area contributed by atoms with Crippen LogP contribution in [0.25, 0.3) is 17.0 Å². The minimum atomic E-state index is -0.567. The van der Waals surface area contributed by atoms with Gasteiger partial charge >= 0.3 is 5.97 Å². The third kappa shape index (κ3) is 4.39. The molecular weight excluding hydrogens is 526 g/mol. The number of hydrogen-bond donors (Lipinski definition) is 0. The van der Waals surface area contributed by atoms with Crippen molar-refractivity contribution in [3.8, 4) is 0 Å². The zero-order valence-corrected chi connectivity index (χ0v) is 23.5. The van der Waals surface area contributed by atoms with E-state index < -0.39 is 12.0 Å². The van der Waals surface area contributed by atoms with Gasteiger partial charge in [0.1, 0.15) is 6.04 Å². The van der Waals surface area contributed by atoms with Crippen molar-refractivity contribution < 1.29 is 9.53 Å². The number of ether oxygens (including phenoxy) is 1. The number of hydrogen-bond acceptors (Lipinski definition) is 6. The highest BCUT2D eigenvalue weighted by Crippen LogP contribution is 2.33. The molecule has 0 radical (unpaired) electrons. The summed E-state index contributed by atoms with van der Waals surface area (Å²) in [6.45, 7) is 6.68. The summed E-state index contributed by atoms with van der Waals surface area (Å²) >= 11 is 2.87. The Hall–Kier alpha value is -4.01. The molecule has 3 aromatic heterocycles. The quantitative estimate of drug-likeness (QED) is 0.273. The molecule has 0 saturated heterocycles. The molecule has 0 fully saturated rings. The standard InChI is InChI=1S/C31H27N3O3S2/c1-4-37-30(36)27-19(2)32-31-34(28(27)25-15-10-16-38-25)29(35)26(39-31)17-23-20(3)33(18-21-11-6-5-7-12-21)24-14-9-8-13-22(23)24/h5-17,28H,4,18H2,1-3H3/b26-17-. The van der Waals surface area contributed by atoms with Crippen LogP contribution in [0, 0.1) is 6.92 Å². The van der Waals surface area contributed by atoms with Gasteiger partial charge in [0.25, 0.3) is 5.56 Å². The Morgan fingerprint density at radius 2 is 1.82 bits per heavy atom. The lowest BCUT2D eigenvalue weighted by atomic mass is 10.0. The van der Waals surface area contributed by atoms with Gasteiger partial charge in [-0.3, -0.25) is 9.36 Å². The van der Waals surface area contributed by atoms with Crippen LogP contribution in [-0.2, 0) is 16.1 Å². The fourth-order valence-corrected chi connectivity index (χ4v) is 7.10. The van der Waals surface area contributed by atoms with Crippen LogP contribution in [0.1, 0.15) is 41.6 Å². The molecule has 1 unspecified atom stereocenters. The number of benzene rings is 2. The maximum Gasteiger partial charge on any atom is 0.338 e. The summed E-state index contributed by atoms with van der Waals surface area (Å²) in [7, 11) is 0. The molecule has 1 aliphatic rings. The second-order valence-corrected chi connectivity index (χ2v) is 11.4. The van der Waals surface area contributed by atoms with Crippen LogP contribution in [0.2, 0.25) is 0 Å². The Labute approximate surface area is 233 Å². The number of thiazole rings is 1. The molecule has 0 saturated carbocycles. The summed E-state index contributed by atoms with van der Waals surface area (Å²) in [6, 6.07) is 22.0. The minimum Gasteiger partial charge on any atom is -0.463 e. The second kappa shape index (κ2) is 10.3. The first-order valence-electron chi connectivity index (χ1n) is 12.8. The average Bonchev–Trinajstić information content (AvgIpc) is 3.64. The topological polar surface area (TPSA) is 65.6 Å². The van der Waals surface area contributed by atoms with Gasteiger partial charge in [-0.05, 0) is 49.9 Å². The molecule has 6 rings (SSSR count). The van der Waals surface area contributed by atoms with Crippen molar-refractivity contribution in [1.82, 2.24) is 9.13 Å². The van der Waals surface area contributed by atoms with E-state index in [2.05, 4.69) is 47.9 Å². The van der Waals surface area contributed by atoms with Gasteiger partial charge in [0.2, 0.25) is 0 Å². The Balaban J connectivity index is 1.54. The van der Waals surface area contributed by atoms with Crippen LogP contribution < -0.4 is 14.9 Å². The minimum absolute atomic E-state index is 0.161. The Morgan fingerprint density at radius 1 is 1.05 bits per heavy atom. The molecule has 2 aromatic carbocycles. The van der Waals surface area contributed by atoms with Crippen molar-refractivity contribution in [2.75, 3.05) is 6.61 Å². The summed E-state index contributed by atoms with van der Waals surface area (Å²) in [6.07, 6.45) is 1.98. The molecule has 0 aliphatic carbocycles. The fourth-order valence-electron chi connectivity index (χ4n) is 5.25. The number of nitrogens with zero attached hydrogens (tertiary/aromatic N) is 3. The van der Waals surface area contributed by atoms with Crippen molar-refractivity contribution in [2.45, 2.75) is 33.4 Å². The van der Waals surface area contributed by atoms with E-state index in [1.54, 1.807) is 11.5 Å². The maximum atomic E-state index is 14.0. The molecular formula is C31H27N3O3S2. The number of para-hydroxylation sites is 1. The monoisotopic (exact) mass is 553 g/mol. The molecule has 0 bridgehead atoms. The van der Waals surface area contributed by atoms with Crippen molar-refractivity contribution in [2.24, 2.45) is 4.99 Å². The van der Waals surface area contributed by atoms with Gasteiger partial charge in [-0.1, -0.05) is 65.9 Å². The Morgan fingerprint density at radius 3 is 2.56 bits per heavy atom. The zero-order chi connectivity index (χ0) is 27.1. The van der Waals surface area contributed by atoms with Gasteiger partial charge in [-0.15, -0.1) is 11.3 Å². The molecule has 4 heterocycles. The second-order valence-electron chi connectivity index (χ2n) is 9.41. The number of rotatable bonds is 6. The van der Waals surface area contributed by atoms with E-state index in [9.17, 15) is 9.59 Å². The molecule has 5 aromatic rings. The SMILES string of the molecule is CCOC(=O)C1=C(C)N=c2s/c(=C\c3c(C)n(Cc4ccccc4)c4ccccc34)c(=O)n2C1c1cccs1. The highest BCUT2D eigenvalue weighted by molar-refractivity contribution is 7.10. The fraction of sp³-hybridized carbons (Fsp3) is 0.194. The van der Waals surface area contributed by atoms with Crippen LogP contribution in [-0.4, -0.2) is 21.7 Å². The maximum absolute atomic E-state index is 14.0. The van der Waals surface area contributed by atoms with E-state index in [-0.39, 0.29) is 12.2 Å². The van der Waals surface area contributed by atoms with E-state index in [1.165, 1.54) is 28.2 Å². The van der Waals surface area contributed by atoms with Crippen LogP contribution in [0.3, 0.4) is 0 Å². The molecule has 8 heteroatoms. The Bertz CT molecular complexity index is 1910. The lowest BCUT2D eigenvalue weighted by molar-refractivity contribution is -0.139. The van der Waals surface area contributed by atoms with Crippen LogP contribution >= 0.6 is 22.7 Å². The zero-order valence-electron chi connectivity index (χ0n) is 21.9. The highest BCUT2D eigenvalue weighted by Gasteiger charge is 2.34. The van der Waals surface area contributed by atoms with Gasteiger partial charge in [0.15, 0.2) is 4.80 Å². The molecule has 6 nitrogen and oxygen atoms in total. The number of allylic oxidation sites excluding steroid dienone is 1. The number of esters is 1. The number of thiophene rings is 1. The predicted octanol–water partition coefficient (Wildman–Crippen LogP) is 5.17.